The summed E-state index contributed by atoms with van der Waals surface area (Å²) in [4.78, 5) is 12.8. The van der Waals surface area contributed by atoms with Gasteiger partial charge in [0.1, 0.15) is 24.1 Å². The van der Waals surface area contributed by atoms with E-state index in [1.807, 2.05) is 0 Å². The summed E-state index contributed by atoms with van der Waals surface area (Å²) in [6.45, 7) is 1.23. The zero-order valence-corrected chi connectivity index (χ0v) is 11.4. The number of methoxy groups -OCH3 is 1. The highest BCUT2D eigenvalue weighted by Crippen LogP contribution is 2.19. The summed E-state index contributed by atoms with van der Waals surface area (Å²) in [5.74, 6) is 0.564. The van der Waals surface area contributed by atoms with Crippen LogP contribution >= 0.6 is 0 Å². The summed E-state index contributed by atoms with van der Waals surface area (Å²) < 4.78 is 10.6. The third-order valence-corrected chi connectivity index (χ3v) is 3.37. The molecule has 110 valence electrons. The maximum atomic E-state index is 11.1. The first-order valence-corrected chi connectivity index (χ1v) is 6.52. The second kappa shape index (κ2) is 6.58. The number of aliphatic carboxylic acids is 1. The Hall–Kier alpha value is -1.79. The summed E-state index contributed by atoms with van der Waals surface area (Å²) in [5, 5.41) is 18.6. The predicted octanol–water partition coefficient (Wildman–Crippen LogP) is 0.594. The van der Waals surface area contributed by atoms with Gasteiger partial charge in [-0.3, -0.25) is 9.69 Å². The summed E-state index contributed by atoms with van der Waals surface area (Å²) in [7, 11) is 1.60. The number of β-amino-alcohol motifs (C(OH)–C–C–N with tert-alkyl or cyclic N) is 1. The van der Waals surface area contributed by atoms with Gasteiger partial charge in [0, 0.05) is 19.5 Å². The molecular weight excluding hydrogens is 262 g/mol. The van der Waals surface area contributed by atoms with Crippen molar-refractivity contribution >= 4 is 5.97 Å². The predicted molar refractivity (Wildman–Crippen MR) is 72.1 cm³/mol. The Morgan fingerprint density at radius 2 is 2.00 bits per heavy atom. The van der Waals surface area contributed by atoms with Crippen LogP contribution in [0.2, 0.25) is 0 Å². The maximum absolute atomic E-state index is 11.1. The van der Waals surface area contributed by atoms with E-state index in [4.69, 9.17) is 14.6 Å². The van der Waals surface area contributed by atoms with Crippen LogP contribution in [0.25, 0.3) is 0 Å². The molecule has 1 heterocycles. The Balaban J connectivity index is 1.81. The third kappa shape index (κ3) is 3.61. The van der Waals surface area contributed by atoms with Crippen LogP contribution in [0.5, 0.6) is 11.5 Å². The summed E-state index contributed by atoms with van der Waals surface area (Å²) in [6, 6.07) is 6.58. The maximum Gasteiger partial charge on any atom is 0.321 e. The fourth-order valence-corrected chi connectivity index (χ4v) is 2.34. The van der Waals surface area contributed by atoms with Gasteiger partial charge in [-0.25, -0.2) is 0 Å². The molecule has 2 N–H and O–H groups in total. The van der Waals surface area contributed by atoms with Gasteiger partial charge in [0.15, 0.2) is 0 Å². The molecule has 2 unspecified atom stereocenters. The number of rotatable bonds is 6. The van der Waals surface area contributed by atoms with Gasteiger partial charge in [0.2, 0.25) is 0 Å². The van der Waals surface area contributed by atoms with Gasteiger partial charge in [0.25, 0.3) is 0 Å². The van der Waals surface area contributed by atoms with Gasteiger partial charge < -0.3 is 19.7 Å². The van der Waals surface area contributed by atoms with Crippen LogP contribution in [-0.2, 0) is 4.79 Å². The van der Waals surface area contributed by atoms with Crippen LogP contribution in [0, 0.1) is 0 Å². The number of likely N-dealkylation sites (tertiary alicyclic amines) is 1. The Kier molecular flexibility index (Phi) is 4.81. The number of carboxylic acid groups (broad SMARTS) is 1. The van der Waals surface area contributed by atoms with E-state index in [1.54, 1.807) is 36.3 Å². The van der Waals surface area contributed by atoms with Gasteiger partial charge in [-0.15, -0.1) is 0 Å². The zero-order valence-electron chi connectivity index (χ0n) is 11.4. The molecule has 1 fully saturated rings. The van der Waals surface area contributed by atoms with Crippen molar-refractivity contribution < 1.29 is 24.5 Å². The molecule has 6 nitrogen and oxygen atoms in total. The molecule has 6 heteroatoms. The molecule has 0 radical (unpaired) electrons. The fourth-order valence-electron chi connectivity index (χ4n) is 2.34. The van der Waals surface area contributed by atoms with Gasteiger partial charge in [-0.05, 0) is 24.3 Å². The van der Waals surface area contributed by atoms with Crippen molar-refractivity contribution in [2.45, 2.75) is 18.6 Å². The van der Waals surface area contributed by atoms with Crippen LogP contribution in [0.1, 0.15) is 6.42 Å². The molecule has 0 saturated carbocycles. The first-order valence-electron chi connectivity index (χ1n) is 6.52. The quantitative estimate of drug-likeness (QED) is 0.794. The molecule has 0 amide bonds. The molecule has 2 atom stereocenters. The Morgan fingerprint density at radius 1 is 1.35 bits per heavy atom. The highest BCUT2D eigenvalue weighted by Gasteiger charge is 2.35. The standard InChI is InChI=1S/C14H19NO5/c1-19-11-2-4-12(5-3-11)20-7-6-15-9-10(16)8-13(15)14(17)18/h2-5,10,13,16H,6-9H2,1H3,(H,17,18). The minimum atomic E-state index is -0.897. The Bertz CT molecular complexity index is 447. The van der Waals surface area contributed by atoms with Crippen molar-refractivity contribution in [2.24, 2.45) is 0 Å². The minimum Gasteiger partial charge on any atom is -0.497 e. The number of benzene rings is 1. The first kappa shape index (κ1) is 14.6. The van der Waals surface area contributed by atoms with E-state index in [9.17, 15) is 9.90 Å². The van der Waals surface area contributed by atoms with E-state index in [0.717, 1.165) is 5.75 Å². The summed E-state index contributed by atoms with van der Waals surface area (Å²) in [6.07, 6.45) is -0.296. The second-order valence-electron chi connectivity index (χ2n) is 4.76. The molecule has 2 rings (SSSR count). The van der Waals surface area contributed by atoms with Gasteiger partial charge in [-0.1, -0.05) is 0 Å². The second-order valence-corrected chi connectivity index (χ2v) is 4.76. The van der Waals surface area contributed by atoms with Crippen LogP contribution in [0.15, 0.2) is 24.3 Å². The van der Waals surface area contributed by atoms with E-state index >= 15 is 0 Å². The molecule has 0 aliphatic carbocycles. The van der Waals surface area contributed by atoms with E-state index in [-0.39, 0.29) is 6.42 Å². The summed E-state index contributed by atoms with van der Waals surface area (Å²) >= 11 is 0. The van der Waals surface area contributed by atoms with Crippen molar-refractivity contribution in [1.82, 2.24) is 4.90 Å². The smallest absolute Gasteiger partial charge is 0.321 e. The van der Waals surface area contributed by atoms with E-state index in [0.29, 0.717) is 25.4 Å². The highest BCUT2D eigenvalue weighted by molar-refractivity contribution is 5.74. The van der Waals surface area contributed by atoms with E-state index < -0.39 is 18.1 Å². The van der Waals surface area contributed by atoms with Gasteiger partial charge >= 0.3 is 5.97 Å². The molecule has 1 aromatic rings. The Morgan fingerprint density at radius 3 is 2.60 bits per heavy atom. The van der Waals surface area contributed by atoms with Gasteiger partial charge in [0.05, 0.1) is 13.2 Å². The van der Waals surface area contributed by atoms with Crippen LogP contribution in [0.4, 0.5) is 0 Å². The van der Waals surface area contributed by atoms with Crippen molar-refractivity contribution in [2.75, 3.05) is 26.8 Å². The van der Waals surface area contributed by atoms with Crippen molar-refractivity contribution in [3.8, 4) is 11.5 Å². The number of nitrogens with zero attached hydrogens (tertiary/aromatic N) is 1. The highest BCUT2D eigenvalue weighted by atomic mass is 16.5. The van der Waals surface area contributed by atoms with Crippen molar-refractivity contribution in [3.63, 3.8) is 0 Å². The fraction of sp³-hybridized carbons (Fsp3) is 0.500. The van der Waals surface area contributed by atoms with Crippen LogP contribution in [0.3, 0.4) is 0 Å². The molecule has 0 spiro atoms. The third-order valence-electron chi connectivity index (χ3n) is 3.37. The number of carboxylic acids is 1. The molecule has 0 bridgehead atoms. The molecular formula is C14H19NO5. The van der Waals surface area contributed by atoms with Crippen molar-refractivity contribution in [3.05, 3.63) is 24.3 Å². The molecule has 0 aromatic heterocycles. The van der Waals surface area contributed by atoms with Crippen molar-refractivity contribution in [1.29, 1.82) is 0 Å². The lowest BCUT2D eigenvalue weighted by atomic mass is 10.2. The number of hydrogen-bond donors (Lipinski definition) is 2. The molecule has 1 aliphatic heterocycles. The average Bonchev–Trinajstić information content (AvgIpc) is 2.81. The molecule has 20 heavy (non-hydrogen) atoms. The lowest BCUT2D eigenvalue weighted by Crippen LogP contribution is -2.38. The van der Waals surface area contributed by atoms with Crippen LogP contribution in [-0.4, -0.2) is 60.0 Å². The lowest BCUT2D eigenvalue weighted by Gasteiger charge is -2.20. The molecule has 1 saturated heterocycles. The normalized spacial score (nSPS) is 22.7. The zero-order chi connectivity index (χ0) is 14.5. The summed E-state index contributed by atoms with van der Waals surface area (Å²) in [5.41, 5.74) is 0. The van der Waals surface area contributed by atoms with E-state index in [1.165, 1.54) is 0 Å². The number of ether oxygens (including phenoxy) is 2. The van der Waals surface area contributed by atoms with Crippen LogP contribution < -0.4 is 9.47 Å². The first-order chi connectivity index (χ1) is 9.60. The number of carbonyl (C=O) groups is 1. The number of aliphatic hydroxyl groups excluding tert-OH is 1. The Labute approximate surface area is 117 Å². The monoisotopic (exact) mass is 281 g/mol. The molecule has 1 aromatic carbocycles. The SMILES string of the molecule is COc1ccc(OCCN2CC(O)CC2C(=O)O)cc1. The average molecular weight is 281 g/mol. The number of hydrogen-bond acceptors (Lipinski definition) is 5. The molecule has 1 aliphatic rings. The largest absolute Gasteiger partial charge is 0.497 e. The van der Waals surface area contributed by atoms with Gasteiger partial charge in [-0.2, -0.15) is 0 Å². The number of aliphatic hydroxyl groups is 1. The minimum absolute atomic E-state index is 0.276. The van der Waals surface area contributed by atoms with E-state index in [2.05, 4.69) is 0 Å². The lowest BCUT2D eigenvalue weighted by molar-refractivity contribution is -0.142. The topological polar surface area (TPSA) is 79.2 Å².